The van der Waals surface area contributed by atoms with Crippen LogP contribution in [-0.2, 0) is 6.54 Å². The summed E-state index contributed by atoms with van der Waals surface area (Å²) in [6, 6.07) is 5.61. The number of rotatable bonds is 5. The van der Waals surface area contributed by atoms with Gasteiger partial charge in [-0.2, -0.15) is 10.2 Å². The van der Waals surface area contributed by atoms with Crippen molar-refractivity contribution in [3.8, 4) is 6.07 Å². The molecule has 0 atom stereocenters. The van der Waals surface area contributed by atoms with Gasteiger partial charge in [-0.1, -0.05) is 0 Å². The highest BCUT2D eigenvalue weighted by Crippen LogP contribution is 2.16. The second-order valence-corrected chi connectivity index (χ2v) is 5.91. The van der Waals surface area contributed by atoms with E-state index in [0.717, 1.165) is 37.7 Å². The lowest BCUT2D eigenvalue weighted by molar-refractivity contribution is 0.246. The summed E-state index contributed by atoms with van der Waals surface area (Å²) in [4.78, 5) is 24.6. The third kappa shape index (κ3) is 4.49. The fourth-order valence-corrected chi connectivity index (χ4v) is 2.74. The molecule has 0 unspecified atom stereocenters. The number of carbonyl (C=O) groups excluding carboxylic acids is 1. The number of piperazine rings is 1. The zero-order valence-corrected chi connectivity index (χ0v) is 14.6. The first-order valence-corrected chi connectivity index (χ1v) is 8.50. The van der Waals surface area contributed by atoms with E-state index in [0.29, 0.717) is 18.7 Å². The van der Waals surface area contributed by atoms with E-state index >= 15 is 0 Å². The summed E-state index contributed by atoms with van der Waals surface area (Å²) in [5.74, 6) is 0.888. The van der Waals surface area contributed by atoms with Crippen LogP contribution in [0, 0.1) is 11.3 Å². The number of hydrogen-bond acceptors (Lipinski definition) is 7. The maximum absolute atomic E-state index is 11.5. The molecule has 0 bridgehead atoms. The molecule has 1 saturated heterocycles. The van der Waals surface area contributed by atoms with E-state index in [1.54, 1.807) is 18.5 Å². The van der Waals surface area contributed by atoms with Gasteiger partial charge in [0.2, 0.25) is 0 Å². The molecular weight excluding hydrogens is 334 g/mol. The quantitative estimate of drug-likeness (QED) is 0.834. The highest BCUT2D eigenvalue weighted by atomic mass is 16.4. The van der Waals surface area contributed by atoms with E-state index in [1.807, 2.05) is 13.0 Å². The Morgan fingerprint density at radius 1 is 1.35 bits per heavy atom. The van der Waals surface area contributed by atoms with Crippen molar-refractivity contribution >= 4 is 17.9 Å². The second kappa shape index (κ2) is 8.31. The van der Waals surface area contributed by atoms with Crippen LogP contribution in [0.25, 0.3) is 0 Å². The molecule has 0 aliphatic carbocycles. The Labute approximate surface area is 151 Å². The molecule has 0 spiro atoms. The summed E-state index contributed by atoms with van der Waals surface area (Å²) in [5.41, 5.74) is 1.34. The highest BCUT2D eigenvalue weighted by molar-refractivity contribution is 5.86. The van der Waals surface area contributed by atoms with E-state index in [4.69, 9.17) is 9.68 Å². The van der Waals surface area contributed by atoms with Gasteiger partial charge in [-0.3, -0.25) is 10.2 Å². The fourth-order valence-electron chi connectivity index (χ4n) is 2.74. The molecule has 1 fully saturated rings. The van der Waals surface area contributed by atoms with Gasteiger partial charge in [-0.15, -0.1) is 0 Å². The van der Waals surface area contributed by atoms with Crippen molar-refractivity contribution in [2.45, 2.75) is 13.5 Å². The van der Waals surface area contributed by atoms with E-state index in [9.17, 15) is 4.79 Å². The summed E-state index contributed by atoms with van der Waals surface area (Å²) in [6.45, 7) is 6.48. The maximum Gasteiger partial charge on any atom is 0.322 e. The van der Waals surface area contributed by atoms with Crippen LogP contribution in [0.15, 0.2) is 29.0 Å². The van der Waals surface area contributed by atoms with E-state index in [1.165, 1.54) is 0 Å². The first kappa shape index (κ1) is 17.7. The van der Waals surface area contributed by atoms with Gasteiger partial charge in [-0.25, -0.2) is 9.78 Å². The van der Waals surface area contributed by atoms with Crippen LogP contribution in [0.5, 0.6) is 0 Å². The molecule has 26 heavy (non-hydrogen) atoms. The minimum absolute atomic E-state index is 0.200. The molecule has 2 N–H and O–H groups in total. The summed E-state index contributed by atoms with van der Waals surface area (Å²) in [6.07, 6.45) is 3.16. The van der Waals surface area contributed by atoms with Gasteiger partial charge in [0.05, 0.1) is 11.3 Å². The van der Waals surface area contributed by atoms with Crippen LogP contribution in [0.2, 0.25) is 0 Å². The number of hydrogen-bond donors (Lipinski definition) is 2. The van der Waals surface area contributed by atoms with Gasteiger partial charge in [0, 0.05) is 45.5 Å². The number of oxazole rings is 1. The number of pyridine rings is 1. The Balaban J connectivity index is 1.48. The maximum atomic E-state index is 11.5. The molecule has 2 aromatic rings. The van der Waals surface area contributed by atoms with Crippen LogP contribution >= 0.6 is 0 Å². The van der Waals surface area contributed by atoms with E-state index < -0.39 is 0 Å². The lowest BCUT2D eigenvalue weighted by Gasteiger charge is -2.34. The average molecular weight is 355 g/mol. The SMILES string of the molecule is CCNC(=O)Nc1nc(CN2CCN(c3ccc(C#N)cn3)CC2)co1. The van der Waals surface area contributed by atoms with Crippen molar-refractivity contribution < 1.29 is 9.21 Å². The molecule has 3 rings (SSSR count). The van der Waals surface area contributed by atoms with Crippen molar-refractivity contribution in [2.75, 3.05) is 42.9 Å². The van der Waals surface area contributed by atoms with Crippen molar-refractivity contribution in [1.82, 2.24) is 20.2 Å². The summed E-state index contributed by atoms with van der Waals surface area (Å²) >= 11 is 0. The van der Waals surface area contributed by atoms with Gasteiger partial charge in [0.25, 0.3) is 0 Å². The highest BCUT2D eigenvalue weighted by Gasteiger charge is 2.19. The molecule has 1 aliphatic heterocycles. The van der Waals surface area contributed by atoms with E-state index in [-0.39, 0.29) is 12.0 Å². The van der Waals surface area contributed by atoms with Crippen LogP contribution < -0.4 is 15.5 Å². The summed E-state index contributed by atoms with van der Waals surface area (Å²) in [7, 11) is 0. The molecule has 9 nitrogen and oxygen atoms in total. The minimum atomic E-state index is -0.329. The molecule has 1 aliphatic rings. The lowest BCUT2D eigenvalue weighted by atomic mass is 10.2. The zero-order valence-electron chi connectivity index (χ0n) is 14.6. The Morgan fingerprint density at radius 2 is 2.15 bits per heavy atom. The molecular formula is C17H21N7O2. The minimum Gasteiger partial charge on any atom is -0.432 e. The third-order valence-electron chi connectivity index (χ3n) is 4.07. The Morgan fingerprint density at radius 3 is 2.81 bits per heavy atom. The first-order valence-electron chi connectivity index (χ1n) is 8.50. The van der Waals surface area contributed by atoms with Crippen LogP contribution in [0.3, 0.4) is 0 Å². The molecule has 0 saturated carbocycles. The lowest BCUT2D eigenvalue weighted by Crippen LogP contribution is -2.46. The molecule has 3 heterocycles. The molecule has 136 valence electrons. The van der Waals surface area contributed by atoms with Gasteiger partial charge < -0.3 is 14.6 Å². The Kier molecular flexibility index (Phi) is 5.66. The van der Waals surface area contributed by atoms with Gasteiger partial charge >= 0.3 is 12.0 Å². The largest absolute Gasteiger partial charge is 0.432 e. The predicted molar refractivity (Wildman–Crippen MR) is 95.6 cm³/mol. The number of amides is 2. The zero-order chi connectivity index (χ0) is 18.4. The topological polar surface area (TPSA) is 110 Å². The number of urea groups is 1. The Bertz CT molecular complexity index is 773. The van der Waals surface area contributed by atoms with Gasteiger partial charge in [-0.05, 0) is 19.1 Å². The van der Waals surface area contributed by atoms with Crippen molar-refractivity contribution in [3.63, 3.8) is 0 Å². The summed E-state index contributed by atoms with van der Waals surface area (Å²) in [5, 5.41) is 14.0. The molecule has 2 amide bonds. The molecule has 0 aromatic carbocycles. The van der Waals surface area contributed by atoms with Gasteiger partial charge in [0.15, 0.2) is 0 Å². The molecule has 9 heteroatoms. The normalized spacial score (nSPS) is 14.7. The third-order valence-corrected chi connectivity index (χ3v) is 4.07. The number of carbonyl (C=O) groups is 1. The molecule has 2 aromatic heterocycles. The monoisotopic (exact) mass is 355 g/mol. The number of nitriles is 1. The van der Waals surface area contributed by atoms with Crippen molar-refractivity contribution in [3.05, 3.63) is 35.9 Å². The predicted octanol–water partition coefficient (Wildman–Crippen LogP) is 1.40. The smallest absolute Gasteiger partial charge is 0.322 e. The summed E-state index contributed by atoms with van der Waals surface area (Å²) < 4.78 is 5.28. The second-order valence-electron chi connectivity index (χ2n) is 5.91. The standard InChI is InChI=1S/C17H21N7O2/c1-2-19-16(25)22-17-21-14(12-26-17)11-23-5-7-24(8-6-23)15-4-3-13(9-18)10-20-15/h3-4,10,12H,2,5-8,11H2,1H3,(H2,19,21,22,25). The average Bonchev–Trinajstić information content (AvgIpc) is 3.09. The Hall–Kier alpha value is -3.12. The first-order chi connectivity index (χ1) is 12.7. The number of nitrogens with zero attached hydrogens (tertiary/aromatic N) is 5. The van der Waals surface area contributed by atoms with Crippen LogP contribution in [0.1, 0.15) is 18.2 Å². The van der Waals surface area contributed by atoms with Crippen LogP contribution in [0.4, 0.5) is 16.6 Å². The van der Waals surface area contributed by atoms with Crippen molar-refractivity contribution in [2.24, 2.45) is 0 Å². The van der Waals surface area contributed by atoms with Crippen molar-refractivity contribution in [1.29, 1.82) is 5.26 Å². The number of aromatic nitrogens is 2. The fraction of sp³-hybridized carbons (Fsp3) is 0.412. The molecule has 0 radical (unpaired) electrons. The van der Waals surface area contributed by atoms with E-state index in [2.05, 4.69) is 36.5 Å². The number of anilines is 2. The van der Waals surface area contributed by atoms with Crippen LogP contribution in [-0.4, -0.2) is 53.6 Å². The van der Waals surface area contributed by atoms with Gasteiger partial charge in [0.1, 0.15) is 18.2 Å². The number of nitrogens with one attached hydrogen (secondary N) is 2.